The first kappa shape index (κ1) is 16.8. The average Bonchev–Trinajstić information content (AvgIpc) is 3.02. The number of nitrogens with zero attached hydrogens (tertiary/aromatic N) is 2. The van der Waals surface area contributed by atoms with E-state index in [0.29, 0.717) is 9.90 Å². The molecule has 4 amide bonds. The van der Waals surface area contributed by atoms with Crippen molar-refractivity contribution in [1.82, 2.24) is 5.32 Å². The highest BCUT2D eigenvalue weighted by atomic mass is 35.5. The Morgan fingerprint density at radius 3 is 2.40 bits per heavy atom. The summed E-state index contributed by atoms with van der Waals surface area (Å²) < 4.78 is 0. The maximum atomic E-state index is 12.6. The zero-order valence-corrected chi connectivity index (χ0v) is 13.8. The van der Waals surface area contributed by atoms with E-state index in [9.17, 15) is 24.5 Å². The smallest absolute Gasteiger partial charge is 0.273 e. The Kier molecular flexibility index (Phi) is 4.34. The Morgan fingerprint density at radius 1 is 1.12 bits per heavy atom. The third-order valence-electron chi connectivity index (χ3n) is 3.27. The van der Waals surface area contributed by atoms with Crippen LogP contribution >= 0.6 is 22.9 Å². The molecule has 0 aliphatic carbocycles. The number of rotatable bonds is 3. The van der Waals surface area contributed by atoms with Crippen molar-refractivity contribution < 1.29 is 19.3 Å². The molecular formula is C15H8ClN3O5S. The molecule has 1 aromatic carbocycles. The van der Waals surface area contributed by atoms with Gasteiger partial charge in [-0.2, -0.15) is 0 Å². The molecule has 0 atom stereocenters. The second kappa shape index (κ2) is 6.46. The third-order valence-corrected chi connectivity index (χ3v) is 4.50. The molecule has 1 N–H and O–H groups in total. The normalized spacial score (nSPS) is 16.3. The minimum atomic E-state index is -0.883. The zero-order valence-electron chi connectivity index (χ0n) is 12.3. The fraction of sp³-hybridized carbons (Fsp3) is 0. The van der Waals surface area contributed by atoms with Crippen LogP contribution in [0.1, 0.15) is 4.88 Å². The number of halogens is 1. The van der Waals surface area contributed by atoms with Crippen LogP contribution in [0.15, 0.2) is 42.0 Å². The molecule has 0 radical (unpaired) electrons. The molecule has 3 rings (SSSR count). The Balaban J connectivity index is 1.98. The van der Waals surface area contributed by atoms with Gasteiger partial charge in [-0.1, -0.05) is 22.9 Å². The van der Waals surface area contributed by atoms with Gasteiger partial charge < -0.3 is 0 Å². The molecule has 0 saturated carbocycles. The Labute approximate surface area is 149 Å². The summed E-state index contributed by atoms with van der Waals surface area (Å²) >= 11 is 6.60. The van der Waals surface area contributed by atoms with Crippen molar-refractivity contribution >= 4 is 57.5 Å². The maximum Gasteiger partial charge on any atom is 0.335 e. The minimum absolute atomic E-state index is 0.124. The molecule has 0 spiro atoms. The van der Waals surface area contributed by atoms with E-state index in [1.54, 1.807) is 0 Å². The number of carbonyl (C=O) groups excluding carboxylic acids is 3. The molecule has 25 heavy (non-hydrogen) atoms. The lowest BCUT2D eigenvalue weighted by atomic mass is 10.1. The van der Waals surface area contributed by atoms with Crippen LogP contribution in [0.2, 0.25) is 5.02 Å². The van der Waals surface area contributed by atoms with Crippen molar-refractivity contribution in [3.05, 3.63) is 62.0 Å². The lowest BCUT2D eigenvalue weighted by molar-refractivity contribution is -0.380. The summed E-state index contributed by atoms with van der Waals surface area (Å²) in [6, 6.07) is 7.72. The van der Waals surface area contributed by atoms with Gasteiger partial charge in [0.2, 0.25) is 0 Å². The van der Waals surface area contributed by atoms with E-state index in [2.05, 4.69) is 5.32 Å². The summed E-state index contributed by atoms with van der Waals surface area (Å²) in [6.07, 6.45) is 1.21. The van der Waals surface area contributed by atoms with Crippen LogP contribution in [0.25, 0.3) is 6.08 Å². The predicted molar refractivity (Wildman–Crippen MR) is 91.4 cm³/mol. The third kappa shape index (κ3) is 3.28. The number of urea groups is 1. The Bertz CT molecular complexity index is 935. The van der Waals surface area contributed by atoms with Crippen molar-refractivity contribution in [3.63, 3.8) is 0 Å². The summed E-state index contributed by atoms with van der Waals surface area (Å²) in [4.78, 5) is 47.9. The van der Waals surface area contributed by atoms with Crippen molar-refractivity contribution in [1.29, 1.82) is 0 Å². The molecule has 126 valence electrons. The largest absolute Gasteiger partial charge is 0.335 e. The summed E-state index contributed by atoms with van der Waals surface area (Å²) in [5, 5.41) is 13.1. The minimum Gasteiger partial charge on any atom is -0.273 e. The molecule has 0 bridgehead atoms. The highest BCUT2D eigenvalue weighted by Gasteiger charge is 2.36. The molecule has 10 heteroatoms. The Hall–Kier alpha value is -3.04. The van der Waals surface area contributed by atoms with Gasteiger partial charge in [0.1, 0.15) is 5.57 Å². The predicted octanol–water partition coefficient (Wildman–Crippen LogP) is 2.98. The number of nitrogens with one attached hydrogen (secondary N) is 1. The second-order valence-corrected chi connectivity index (χ2v) is 6.40. The average molecular weight is 378 g/mol. The number of benzene rings is 1. The molecular weight excluding hydrogens is 370 g/mol. The highest BCUT2D eigenvalue weighted by Crippen LogP contribution is 2.28. The number of imide groups is 2. The lowest BCUT2D eigenvalue weighted by Crippen LogP contribution is -2.54. The van der Waals surface area contributed by atoms with Gasteiger partial charge in [0.25, 0.3) is 11.8 Å². The fourth-order valence-electron chi connectivity index (χ4n) is 2.14. The van der Waals surface area contributed by atoms with Gasteiger partial charge in [0, 0.05) is 16.0 Å². The molecule has 1 aromatic heterocycles. The van der Waals surface area contributed by atoms with Gasteiger partial charge in [0.15, 0.2) is 0 Å². The maximum absolute atomic E-state index is 12.6. The van der Waals surface area contributed by atoms with Gasteiger partial charge in [-0.25, -0.2) is 9.69 Å². The molecule has 1 aliphatic heterocycles. The van der Waals surface area contributed by atoms with E-state index in [-0.39, 0.29) is 16.3 Å². The number of nitro groups is 1. The molecule has 1 fully saturated rings. The van der Waals surface area contributed by atoms with Gasteiger partial charge in [-0.05, 0) is 36.4 Å². The van der Waals surface area contributed by atoms with E-state index >= 15 is 0 Å². The van der Waals surface area contributed by atoms with E-state index in [0.717, 1.165) is 16.2 Å². The fourth-order valence-corrected chi connectivity index (χ4v) is 3.03. The molecule has 0 unspecified atom stereocenters. The summed E-state index contributed by atoms with van der Waals surface area (Å²) in [7, 11) is 0. The lowest BCUT2D eigenvalue weighted by Gasteiger charge is -2.26. The topological polar surface area (TPSA) is 110 Å². The first-order valence-electron chi connectivity index (χ1n) is 6.78. The van der Waals surface area contributed by atoms with Crippen molar-refractivity contribution in [2.75, 3.05) is 4.90 Å². The quantitative estimate of drug-likeness (QED) is 0.382. The van der Waals surface area contributed by atoms with E-state index in [1.807, 2.05) is 0 Å². The monoisotopic (exact) mass is 377 g/mol. The number of amides is 4. The van der Waals surface area contributed by atoms with Gasteiger partial charge in [0.05, 0.1) is 10.6 Å². The van der Waals surface area contributed by atoms with Crippen molar-refractivity contribution in [2.24, 2.45) is 0 Å². The van der Waals surface area contributed by atoms with Gasteiger partial charge in [-0.3, -0.25) is 25.0 Å². The zero-order chi connectivity index (χ0) is 18.1. The van der Waals surface area contributed by atoms with Crippen molar-refractivity contribution in [3.8, 4) is 0 Å². The van der Waals surface area contributed by atoms with Crippen LogP contribution in [0.4, 0.5) is 15.5 Å². The number of barbiturate groups is 1. The van der Waals surface area contributed by atoms with Crippen LogP contribution in [0.5, 0.6) is 0 Å². The summed E-state index contributed by atoms with van der Waals surface area (Å²) in [5.74, 6) is -1.69. The summed E-state index contributed by atoms with van der Waals surface area (Å²) in [6.45, 7) is 0. The molecule has 1 aliphatic rings. The van der Waals surface area contributed by atoms with E-state index < -0.39 is 22.8 Å². The number of thiophene rings is 1. The molecule has 8 nitrogen and oxygen atoms in total. The molecule has 2 heterocycles. The SMILES string of the molecule is O=C1NC(=O)N(c2ccc(Cl)cc2)C(=O)C1=Cc1ccc([N+](=O)[O-])s1. The van der Waals surface area contributed by atoms with Gasteiger partial charge in [-0.15, -0.1) is 0 Å². The number of hydrogen-bond acceptors (Lipinski definition) is 6. The van der Waals surface area contributed by atoms with Gasteiger partial charge >= 0.3 is 11.0 Å². The van der Waals surface area contributed by atoms with E-state index in [1.165, 1.54) is 42.5 Å². The summed E-state index contributed by atoms with van der Waals surface area (Å²) in [5.41, 5.74) is -0.0613. The highest BCUT2D eigenvalue weighted by molar-refractivity contribution is 7.16. The molecule has 2 aromatic rings. The first-order valence-corrected chi connectivity index (χ1v) is 7.97. The number of carbonyl (C=O) groups is 3. The number of hydrogen-bond donors (Lipinski definition) is 1. The molecule has 1 saturated heterocycles. The number of anilines is 1. The second-order valence-electron chi connectivity index (χ2n) is 4.87. The van der Waals surface area contributed by atoms with E-state index in [4.69, 9.17) is 11.6 Å². The van der Waals surface area contributed by atoms with Crippen LogP contribution in [0, 0.1) is 10.1 Å². The first-order chi connectivity index (χ1) is 11.9. The van der Waals surface area contributed by atoms with Crippen molar-refractivity contribution in [2.45, 2.75) is 0 Å². The Morgan fingerprint density at radius 2 is 1.80 bits per heavy atom. The van der Waals surface area contributed by atoms with Crippen LogP contribution < -0.4 is 10.2 Å². The van der Waals surface area contributed by atoms with Crippen LogP contribution in [-0.4, -0.2) is 22.8 Å². The standard InChI is InChI=1S/C15H8ClN3O5S/c16-8-1-3-9(4-2-8)18-14(21)11(13(20)17-15(18)22)7-10-5-6-12(25-10)19(23)24/h1-7H,(H,17,20,22). The van der Waals surface area contributed by atoms with Crippen LogP contribution in [-0.2, 0) is 9.59 Å². The van der Waals surface area contributed by atoms with Crippen LogP contribution in [0.3, 0.4) is 0 Å².